The number of amides is 2. The Kier molecular flexibility index (Phi) is 5.63. The standard InChI is InChI=1S/C20H19NO4S/c1-25-17-10-9-15(12-16(17)22)13-18-19(23)21(20(24)26-18)11-5-8-14-6-3-2-4-7-14/h2-4,6-7,9-10,12-13,22H,5,8,11H2,1H3/b18-13-. The summed E-state index contributed by atoms with van der Waals surface area (Å²) in [7, 11) is 1.47. The normalized spacial score (nSPS) is 15.7. The number of aromatic hydroxyl groups is 1. The third kappa shape index (κ3) is 4.08. The lowest BCUT2D eigenvalue weighted by Crippen LogP contribution is -2.29. The molecule has 0 radical (unpaired) electrons. The maximum atomic E-state index is 12.5. The lowest BCUT2D eigenvalue weighted by atomic mass is 10.1. The molecule has 0 bridgehead atoms. The van der Waals surface area contributed by atoms with Gasteiger partial charge in [0, 0.05) is 6.54 Å². The predicted octanol–water partition coefficient (Wildman–Crippen LogP) is 4.07. The molecule has 1 fully saturated rings. The molecular formula is C20H19NO4S. The molecule has 2 aromatic carbocycles. The molecule has 1 N–H and O–H groups in total. The van der Waals surface area contributed by atoms with Crippen LogP contribution in [0.1, 0.15) is 17.5 Å². The number of carbonyl (C=O) groups is 2. The van der Waals surface area contributed by atoms with Crippen molar-refractivity contribution in [2.24, 2.45) is 0 Å². The van der Waals surface area contributed by atoms with Gasteiger partial charge in [0.25, 0.3) is 11.1 Å². The van der Waals surface area contributed by atoms with Crippen molar-refractivity contribution in [1.82, 2.24) is 4.90 Å². The van der Waals surface area contributed by atoms with E-state index in [1.807, 2.05) is 30.3 Å². The van der Waals surface area contributed by atoms with E-state index in [1.54, 1.807) is 18.2 Å². The van der Waals surface area contributed by atoms with Gasteiger partial charge in [-0.1, -0.05) is 36.4 Å². The Labute approximate surface area is 156 Å². The summed E-state index contributed by atoms with van der Waals surface area (Å²) in [4.78, 5) is 26.3. The van der Waals surface area contributed by atoms with E-state index in [4.69, 9.17) is 4.74 Å². The van der Waals surface area contributed by atoms with Crippen LogP contribution in [0.3, 0.4) is 0 Å². The summed E-state index contributed by atoms with van der Waals surface area (Å²) in [5, 5.41) is 9.58. The van der Waals surface area contributed by atoms with Gasteiger partial charge in [-0.05, 0) is 53.9 Å². The number of benzene rings is 2. The first-order chi connectivity index (χ1) is 12.6. The number of rotatable bonds is 6. The Morgan fingerprint density at radius 1 is 1.15 bits per heavy atom. The second-order valence-electron chi connectivity index (χ2n) is 5.85. The Bertz CT molecular complexity index is 848. The van der Waals surface area contributed by atoms with Gasteiger partial charge in [-0.15, -0.1) is 0 Å². The minimum atomic E-state index is -0.289. The average Bonchev–Trinajstić information content (AvgIpc) is 2.90. The van der Waals surface area contributed by atoms with Crippen LogP contribution >= 0.6 is 11.8 Å². The molecule has 1 saturated heterocycles. The molecule has 3 rings (SSSR count). The molecule has 134 valence electrons. The number of imide groups is 1. The molecule has 2 aromatic rings. The van der Waals surface area contributed by atoms with E-state index in [0.717, 1.165) is 24.6 Å². The van der Waals surface area contributed by atoms with Crippen molar-refractivity contribution in [3.05, 3.63) is 64.6 Å². The van der Waals surface area contributed by atoms with Crippen LogP contribution in [0.2, 0.25) is 0 Å². The van der Waals surface area contributed by atoms with Gasteiger partial charge in [0.15, 0.2) is 11.5 Å². The number of phenols is 1. The predicted molar refractivity (Wildman–Crippen MR) is 102 cm³/mol. The van der Waals surface area contributed by atoms with Crippen molar-refractivity contribution in [2.45, 2.75) is 12.8 Å². The summed E-state index contributed by atoms with van der Waals surface area (Å²) >= 11 is 0.924. The number of carbonyl (C=O) groups excluding carboxylic acids is 2. The Morgan fingerprint density at radius 3 is 2.62 bits per heavy atom. The molecule has 0 aliphatic carbocycles. The van der Waals surface area contributed by atoms with Gasteiger partial charge in [0.2, 0.25) is 0 Å². The van der Waals surface area contributed by atoms with E-state index in [-0.39, 0.29) is 16.9 Å². The smallest absolute Gasteiger partial charge is 0.293 e. The zero-order chi connectivity index (χ0) is 18.5. The molecule has 6 heteroatoms. The molecule has 1 aliphatic heterocycles. The van der Waals surface area contributed by atoms with Crippen LogP contribution in [0, 0.1) is 0 Å². The summed E-state index contributed by atoms with van der Waals surface area (Å²) < 4.78 is 5.00. The molecular weight excluding hydrogens is 350 g/mol. The van der Waals surface area contributed by atoms with Crippen molar-refractivity contribution in [3.8, 4) is 11.5 Å². The quantitative estimate of drug-likeness (QED) is 0.778. The number of aryl methyl sites for hydroxylation is 1. The van der Waals surface area contributed by atoms with Crippen molar-refractivity contribution in [3.63, 3.8) is 0 Å². The molecule has 0 atom stereocenters. The number of ether oxygens (including phenoxy) is 1. The van der Waals surface area contributed by atoms with Crippen LogP contribution in [0.15, 0.2) is 53.4 Å². The lowest BCUT2D eigenvalue weighted by molar-refractivity contribution is -0.122. The third-order valence-electron chi connectivity index (χ3n) is 4.06. The highest BCUT2D eigenvalue weighted by atomic mass is 32.2. The van der Waals surface area contributed by atoms with Gasteiger partial charge in [0.1, 0.15) is 0 Å². The first kappa shape index (κ1) is 18.1. The fourth-order valence-corrected chi connectivity index (χ4v) is 3.59. The van der Waals surface area contributed by atoms with Crippen LogP contribution < -0.4 is 4.74 Å². The molecule has 0 saturated carbocycles. The van der Waals surface area contributed by atoms with Gasteiger partial charge >= 0.3 is 0 Å². The fourth-order valence-electron chi connectivity index (χ4n) is 2.73. The summed E-state index contributed by atoms with van der Waals surface area (Å²) in [6.07, 6.45) is 3.15. The van der Waals surface area contributed by atoms with Crippen LogP contribution in [0.4, 0.5) is 4.79 Å². The zero-order valence-electron chi connectivity index (χ0n) is 14.3. The second-order valence-corrected chi connectivity index (χ2v) is 6.85. The number of thioether (sulfide) groups is 1. The fraction of sp³-hybridized carbons (Fsp3) is 0.200. The highest BCUT2D eigenvalue weighted by Gasteiger charge is 2.34. The van der Waals surface area contributed by atoms with E-state index in [0.29, 0.717) is 22.8 Å². The van der Waals surface area contributed by atoms with E-state index >= 15 is 0 Å². The van der Waals surface area contributed by atoms with Crippen molar-refractivity contribution >= 4 is 29.0 Å². The van der Waals surface area contributed by atoms with Gasteiger partial charge in [-0.3, -0.25) is 14.5 Å². The molecule has 1 aliphatic rings. The highest BCUT2D eigenvalue weighted by Crippen LogP contribution is 2.34. The van der Waals surface area contributed by atoms with Crippen LogP contribution in [-0.4, -0.2) is 34.8 Å². The van der Waals surface area contributed by atoms with Crippen molar-refractivity contribution in [2.75, 3.05) is 13.7 Å². The largest absolute Gasteiger partial charge is 0.504 e. The molecule has 1 heterocycles. The Balaban J connectivity index is 1.65. The number of phenolic OH excluding ortho intramolecular Hbond substituents is 1. The van der Waals surface area contributed by atoms with E-state index in [1.165, 1.54) is 23.6 Å². The average molecular weight is 369 g/mol. The Morgan fingerprint density at radius 2 is 1.92 bits per heavy atom. The molecule has 5 nitrogen and oxygen atoms in total. The minimum absolute atomic E-state index is 0.0108. The third-order valence-corrected chi connectivity index (χ3v) is 4.97. The van der Waals surface area contributed by atoms with Crippen LogP contribution in [0.5, 0.6) is 11.5 Å². The summed E-state index contributed by atoms with van der Waals surface area (Å²) in [6, 6.07) is 14.8. The highest BCUT2D eigenvalue weighted by molar-refractivity contribution is 8.18. The van der Waals surface area contributed by atoms with E-state index in [2.05, 4.69) is 0 Å². The van der Waals surface area contributed by atoms with Gasteiger partial charge in [-0.25, -0.2) is 0 Å². The molecule has 0 spiro atoms. The minimum Gasteiger partial charge on any atom is -0.504 e. The molecule has 0 aromatic heterocycles. The first-order valence-corrected chi connectivity index (χ1v) is 9.06. The summed E-state index contributed by atoms with van der Waals surface area (Å²) in [5.41, 5.74) is 1.82. The maximum absolute atomic E-state index is 12.5. The lowest BCUT2D eigenvalue weighted by Gasteiger charge is -2.12. The summed E-state index contributed by atoms with van der Waals surface area (Å²) in [5.74, 6) is 0.0582. The van der Waals surface area contributed by atoms with Gasteiger partial charge in [0.05, 0.1) is 12.0 Å². The monoisotopic (exact) mass is 369 g/mol. The number of nitrogens with zero attached hydrogens (tertiary/aromatic N) is 1. The molecule has 26 heavy (non-hydrogen) atoms. The van der Waals surface area contributed by atoms with Crippen LogP contribution in [0.25, 0.3) is 6.08 Å². The summed E-state index contributed by atoms with van der Waals surface area (Å²) in [6.45, 7) is 0.394. The first-order valence-electron chi connectivity index (χ1n) is 8.25. The Hall–Kier alpha value is -2.73. The van der Waals surface area contributed by atoms with Gasteiger partial charge < -0.3 is 9.84 Å². The van der Waals surface area contributed by atoms with Crippen LogP contribution in [-0.2, 0) is 11.2 Å². The van der Waals surface area contributed by atoms with Gasteiger partial charge in [-0.2, -0.15) is 0 Å². The van der Waals surface area contributed by atoms with Crippen molar-refractivity contribution in [1.29, 1.82) is 0 Å². The maximum Gasteiger partial charge on any atom is 0.293 e. The number of methoxy groups -OCH3 is 1. The van der Waals surface area contributed by atoms with E-state index in [9.17, 15) is 14.7 Å². The van der Waals surface area contributed by atoms with Crippen molar-refractivity contribution < 1.29 is 19.4 Å². The number of hydrogen-bond acceptors (Lipinski definition) is 5. The number of hydrogen-bond donors (Lipinski definition) is 1. The van der Waals surface area contributed by atoms with E-state index < -0.39 is 0 Å². The zero-order valence-corrected chi connectivity index (χ0v) is 15.2. The molecule has 0 unspecified atom stereocenters. The topological polar surface area (TPSA) is 66.8 Å². The molecule has 2 amide bonds. The second kappa shape index (κ2) is 8.10. The SMILES string of the molecule is COc1ccc(/C=C2\SC(=O)N(CCCc3ccccc3)C2=O)cc1O.